The van der Waals surface area contributed by atoms with Gasteiger partial charge in [0.25, 0.3) is 5.91 Å². The summed E-state index contributed by atoms with van der Waals surface area (Å²) in [4.78, 5) is 14.2. The smallest absolute Gasteiger partial charge is 0.260 e. The molecule has 1 aliphatic heterocycles. The Morgan fingerprint density at radius 3 is 2.59 bits per heavy atom. The van der Waals surface area contributed by atoms with E-state index in [9.17, 15) is 4.79 Å². The number of amides is 1. The van der Waals surface area contributed by atoms with Gasteiger partial charge < -0.3 is 15.0 Å². The van der Waals surface area contributed by atoms with Crippen LogP contribution in [0.2, 0.25) is 0 Å². The Labute approximate surface area is 132 Å². The van der Waals surface area contributed by atoms with Crippen LogP contribution in [0.1, 0.15) is 31.2 Å². The first-order valence-corrected chi connectivity index (χ1v) is 8.14. The Balaban J connectivity index is 1.79. The lowest BCUT2D eigenvalue weighted by Crippen LogP contribution is -2.42. The second-order valence-electron chi connectivity index (χ2n) is 6.04. The maximum absolute atomic E-state index is 12.3. The summed E-state index contributed by atoms with van der Waals surface area (Å²) in [5, 5.41) is 7.69. The van der Waals surface area contributed by atoms with Crippen LogP contribution in [0.15, 0.2) is 0 Å². The lowest BCUT2D eigenvalue weighted by atomic mass is 9.97. The summed E-state index contributed by atoms with van der Waals surface area (Å²) in [6, 6.07) is 0. The molecule has 1 fully saturated rings. The van der Waals surface area contributed by atoms with Crippen LogP contribution in [-0.2, 0) is 11.8 Å². The van der Waals surface area contributed by atoms with E-state index < -0.39 is 0 Å². The summed E-state index contributed by atoms with van der Waals surface area (Å²) in [7, 11) is 1.88. The molecule has 22 heavy (non-hydrogen) atoms. The minimum absolute atomic E-state index is 0.0737. The van der Waals surface area contributed by atoms with Gasteiger partial charge in [0.15, 0.2) is 12.4 Å². The summed E-state index contributed by atoms with van der Waals surface area (Å²) in [6.45, 7) is 9.82. The van der Waals surface area contributed by atoms with E-state index in [-0.39, 0.29) is 12.5 Å². The quantitative estimate of drug-likeness (QED) is 0.859. The van der Waals surface area contributed by atoms with E-state index in [1.54, 1.807) is 4.68 Å². The second kappa shape index (κ2) is 7.63. The van der Waals surface area contributed by atoms with Gasteiger partial charge in [0.05, 0.1) is 5.69 Å². The highest BCUT2D eigenvalue weighted by Crippen LogP contribution is 2.22. The first kappa shape index (κ1) is 16.8. The van der Waals surface area contributed by atoms with Crippen molar-refractivity contribution < 1.29 is 9.53 Å². The Morgan fingerprint density at radius 1 is 1.36 bits per heavy atom. The van der Waals surface area contributed by atoms with Gasteiger partial charge in [-0.1, -0.05) is 6.92 Å². The number of nitrogens with one attached hydrogen (secondary N) is 1. The van der Waals surface area contributed by atoms with Crippen molar-refractivity contribution in [3.8, 4) is 5.75 Å². The number of rotatable bonds is 6. The van der Waals surface area contributed by atoms with Gasteiger partial charge in [-0.25, -0.2) is 0 Å². The molecule has 1 aromatic heterocycles. The summed E-state index contributed by atoms with van der Waals surface area (Å²) in [5.41, 5.74) is 1.78. The standard InChI is InChI=1S/C16H28N4O2/c1-5-17-10-14-6-8-20(9-7-14)15(21)11-22-16-12(2)18-19(4)13(16)3/h14,17H,5-11H2,1-4H3. The van der Waals surface area contributed by atoms with Crippen molar-refractivity contribution >= 4 is 5.91 Å². The van der Waals surface area contributed by atoms with Crippen molar-refractivity contribution in [1.82, 2.24) is 20.0 Å². The minimum Gasteiger partial charge on any atom is -0.480 e. The molecule has 6 heteroatoms. The average Bonchev–Trinajstić information content (AvgIpc) is 2.76. The molecule has 1 aromatic rings. The molecule has 0 aliphatic carbocycles. The van der Waals surface area contributed by atoms with Gasteiger partial charge in [0.2, 0.25) is 0 Å². The van der Waals surface area contributed by atoms with Crippen molar-refractivity contribution in [3.05, 3.63) is 11.4 Å². The van der Waals surface area contributed by atoms with E-state index in [4.69, 9.17) is 4.74 Å². The molecule has 0 unspecified atom stereocenters. The maximum Gasteiger partial charge on any atom is 0.260 e. The molecule has 1 N–H and O–H groups in total. The Bertz CT molecular complexity index is 504. The molecule has 1 saturated heterocycles. The molecule has 2 heterocycles. The van der Waals surface area contributed by atoms with Gasteiger partial charge in [0.1, 0.15) is 5.69 Å². The second-order valence-corrected chi connectivity index (χ2v) is 6.04. The van der Waals surface area contributed by atoms with Crippen LogP contribution < -0.4 is 10.1 Å². The van der Waals surface area contributed by atoms with Gasteiger partial charge in [0, 0.05) is 20.1 Å². The third kappa shape index (κ3) is 4.00. The lowest BCUT2D eigenvalue weighted by Gasteiger charge is -2.32. The monoisotopic (exact) mass is 308 g/mol. The van der Waals surface area contributed by atoms with Gasteiger partial charge in [-0.05, 0) is 45.7 Å². The van der Waals surface area contributed by atoms with Crippen molar-refractivity contribution in [2.75, 3.05) is 32.8 Å². The SMILES string of the molecule is CCNCC1CCN(C(=O)COc2c(C)nn(C)c2C)CC1. The number of likely N-dealkylation sites (tertiary alicyclic amines) is 1. The number of carbonyl (C=O) groups excluding carboxylic acids is 1. The lowest BCUT2D eigenvalue weighted by molar-refractivity contribution is -0.134. The van der Waals surface area contributed by atoms with Crippen molar-refractivity contribution in [3.63, 3.8) is 0 Å². The van der Waals surface area contributed by atoms with Crippen molar-refractivity contribution in [2.45, 2.75) is 33.6 Å². The highest BCUT2D eigenvalue weighted by molar-refractivity contribution is 5.77. The predicted octanol–water partition coefficient (Wildman–Crippen LogP) is 1.26. The summed E-state index contributed by atoms with van der Waals surface area (Å²) >= 11 is 0. The molecule has 0 saturated carbocycles. The molecule has 1 aliphatic rings. The fourth-order valence-corrected chi connectivity index (χ4v) is 2.92. The minimum atomic E-state index is 0.0737. The molecule has 0 aromatic carbocycles. The molecular weight excluding hydrogens is 280 g/mol. The first-order valence-electron chi connectivity index (χ1n) is 8.14. The molecule has 0 spiro atoms. The normalized spacial score (nSPS) is 16.1. The van der Waals surface area contributed by atoms with Crippen LogP contribution in [-0.4, -0.2) is 53.4 Å². The van der Waals surface area contributed by atoms with E-state index in [2.05, 4.69) is 17.3 Å². The van der Waals surface area contributed by atoms with Gasteiger partial charge >= 0.3 is 0 Å². The van der Waals surface area contributed by atoms with Crippen LogP contribution in [0.4, 0.5) is 0 Å². The number of nitrogens with zero attached hydrogens (tertiary/aromatic N) is 3. The third-order valence-electron chi connectivity index (χ3n) is 4.43. The summed E-state index contributed by atoms with van der Waals surface area (Å²) in [6.07, 6.45) is 2.15. The van der Waals surface area contributed by atoms with Crippen LogP contribution in [0.25, 0.3) is 0 Å². The molecule has 6 nitrogen and oxygen atoms in total. The van der Waals surface area contributed by atoms with Crippen LogP contribution in [0.3, 0.4) is 0 Å². The third-order valence-corrected chi connectivity index (χ3v) is 4.43. The maximum atomic E-state index is 12.3. The van der Waals surface area contributed by atoms with E-state index in [0.717, 1.165) is 56.2 Å². The van der Waals surface area contributed by atoms with Crippen LogP contribution in [0, 0.1) is 19.8 Å². The fraction of sp³-hybridized carbons (Fsp3) is 0.750. The number of aromatic nitrogens is 2. The van der Waals surface area contributed by atoms with E-state index in [0.29, 0.717) is 5.92 Å². The molecule has 124 valence electrons. The average molecular weight is 308 g/mol. The molecule has 0 atom stereocenters. The van der Waals surface area contributed by atoms with Gasteiger partial charge in [-0.3, -0.25) is 9.48 Å². The fourth-order valence-electron chi connectivity index (χ4n) is 2.92. The van der Waals surface area contributed by atoms with Crippen LogP contribution in [0.5, 0.6) is 5.75 Å². The Kier molecular flexibility index (Phi) is 5.83. The number of hydrogen-bond acceptors (Lipinski definition) is 4. The predicted molar refractivity (Wildman–Crippen MR) is 86.0 cm³/mol. The number of hydrogen-bond donors (Lipinski definition) is 1. The van der Waals surface area contributed by atoms with E-state index in [1.807, 2.05) is 25.8 Å². The van der Waals surface area contributed by atoms with Crippen LogP contribution >= 0.6 is 0 Å². The zero-order valence-electron chi connectivity index (χ0n) is 14.2. The number of carbonyl (C=O) groups is 1. The Morgan fingerprint density at radius 2 is 2.05 bits per heavy atom. The highest BCUT2D eigenvalue weighted by Gasteiger charge is 2.23. The van der Waals surface area contributed by atoms with Gasteiger partial charge in [-0.15, -0.1) is 0 Å². The van der Waals surface area contributed by atoms with Crippen molar-refractivity contribution in [1.29, 1.82) is 0 Å². The van der Waals surface area contributed by atoms with E-state index in [1.165, 1.54) is 0 Å². The van der Waals surface area contributed by atoms with Crippen molar-refractivity contribution in [2.24, 2.45) is 13.0 Å². The van der Waals surface area contributed by atoms with Gasteiger partial charge in [-0.2, -0.15) is 5.10 Å². The Hall–Kier alpha value is -1.56. The molecular formula is C16H28N4O2. The molecule has 1 amide bonds. The molecule has 0 bridgehead atoms. The van der Waals surface area contributed by atoms with E-state index >= 15 is 0 Å². The number of aryl methyl sites for hydroxylation is 2. The molecule has 2 rings (SSSR count). The number of piperidine rings is 1. The largest absolute Gasteiger partial charge is 0.480 e. The number of ether oxygens (including phenoxy) is 1. The summed E-state index contributed by atoms with van der Waals surface area (Å²) in [5.74, 6) is 1.50. The zero-order chi connectivity index (χ0) is 16.1. The zero-order valence-corrected chi connectivity index (χ0v) is 14.2. The summed E-state index contributed by atoms with van der Waals surface area (Å²) < 4.78 is 7.49. The highest BCUT2D eigenvalue weighted by atomic mass is 16.5. The molecule has 0 radical (unpaired) electrons. The first-order chi connectivity index (χ1) is 10.5. The topological polar surface area (TPSA) is 59.4 Å².